The lowest BCUT2D eigenvalue weighted by molar-refractivity contribution is -0.116. The summed E-state index contributed by atoms with van der Waals surface area (Å²) in [5, 5.41) is 5.91. The number of hydrogen-bond donors (Lipinski definition) is 2. The van der Waals surface area contributed by atoms with Crippen LogP contribution in [0.25, 0.3) is 0 Å². The van der Waals surface area contributed by atoms with E-state index >= 15 is 0 Å². The molecule has 2 aromatic carbocycles. The molecule has 2 rings (SSSR count). The van der Waals surface area contributed by atoms with Crippen molar-refractivity contribution in [1.29, 1.82) is 0 Å². The lowest BCUT2D eigenvalue weighted by atomic mass is 10.1. The molecule has 0 aromatic heterocycles. The van der Waals surface area contributed by atoms with Crippen molar-refractivity contribution < 1.29 is 9.18 Å². The van der Waals surface area contributed by atoms with Crippen LogP contribution in [0.5, 0.6) is 0 Å². The molecule has 0 saturated heterocycles. The zero-order valence-corrected chi connectivity index (χ0v) is 12.2. The van der Waals surface area contributed by atoms with Crippen molar-refractivity contribution in [3.05, 3.63) is 59.9 Å². The zero-order chi connectivity index (χ0) is 15.2. The molecule has 0 aliphatic heterocycles. The Balaban J connectivity index is 1.97. The molecule has 3 nitrogen and oxygen atoms in total. The summed E-state index contributed by atoms with van der Waals surface area (Å²) in [6, 6.07) is 13.3. The summed E-state index contributed by atoms with van der Waals surface area (Å²) in [7, 11) is 0. The van der Waals surface area contributed by atoms with Crippen LogP contribution in [0.1, 0.15) is 19.4 Å². The van der Waals surface area contributed by atoms with Gasteiger partial charge in [0.15, 0.2) is 0 Å². The molecule has 0 spiro atoms. The van der Waals surface area contributed by atoms with Gasteiger partial charge in [0, 0.05) is 11.4 Å². The maximum absolute atomic E-state index is 12.8. The molecular weight excluding hydrogens is 267 g/mol. The van der Waals surface area contributed by atoms with Crippen molar-refractivity contribution >= 4 is 17.3 Å². The van der Waals surface area contributed by atoms with Gasteiger partial charge >= 0.3 is 0 Å². The van der Waals surface area contributed by atoms with Crippen molar-refractivity contribution in [3.63, 3.8) is 0 Å². The highest BCUT2D eigenvalue weighted by molar-refractivity contribution is 5.96. The number of carbonyl (C=O) groups excluding carboxylic acids is 1. The molecule has 0 aliphatic rings. The van der Waals surface area contributed by atoms with Gasteiger partial charge in [0.2, 0.25) is 5.91 Å². The molecule has 1 atom stereocenters. The Hall–Kier alpha value is -2.36. The molecule has 21 heavy (non-hydrogen) atoms. The van der Waals surface area contributed by atoms with E-state index in [1.54, 1.807) is 6.92 Å². The van der Waals surface area contributed by atoms with E-state index in [0.717, 1.165) is 12.1 Å². The van der Waals surface area contributed by atoms with Gasteiger partial charge in [0.25, 0.3) is 0 Å². The quantitative estimate of drug-likeness (QED) is 0.877. The van der Waals surface area contributed by atoms with Crippen LogP contribution in [-0.2, 0) is 11.2 Å². The number of amides is 1. The van der Waals surface area contributed by atoms with Gasteiger partial charge < -0.3 is 10.6 Å². The van der Waals surface area contributed by atoms with Gasteiger partial charge in [-0.1, -0.05) is 19.1 Å². The third-order valence-corrected chi connectivity index (χ3v) is 3.22. The summed E-state index contributed by atoms with van der Waals surface area (Å²) in [6.07, 6.45) is 0.950. The van der Waals surface area contributed by atoms with Crippen LogP contribution in [0.15, 0.2) is 48.5 Å². The molecule has 110 valence electrons. The highest BCUT2D eigenvalue weighted by Crippen LogP contribution is 2.13. The van der Waals surface area contributed by atoms with Crippen LogP contribution >= 0.6 is 0 Å². The number of anilines is 2. The summed E-state index contributed by atoms with van der Waals surface area (Å²) in [4.78, 5) is 12.1. The van der Waals surface area contributed by atoms with E-state index in [9.17, 15) is 9.18 Å². The van der Waals surface area contributed by atoms with E-state index < -0.39 is 0 Å². The number of hydrogen-bond acceptors (Lipinski definition) is 2. The monoisotopic (exact) mass is 286 g/mol. The number of benzene rings is 2. The van der Waals surface area contributed by atoms with Gasteiger partial charge in [-0.3, -0.25) is 4.79 Å². The molecule has 4 heteroatoms. The first-order valence-electron chi connectivity index (χ1n) is 7.00. The molecule has 0 unspecified atom stereocenters. The van der Waals surface area contributed by atoms with Crippen molar-refractivity contribution in [2.75, 3.05) is 10.6 Å². The fourth-order valence-electron chi connectivity index (χ4n) is 1.98. The number of rotatable bonds is 5. The minimum atomic E-state index is -0.387. The smallest absolute Gasteiger partial charge is 0.246 e. The Morgan fingerprint density at radius 2 is 1.86 bits per heavy atom. The zero-order valence-electron chi connectivity index (χ0n) is 12.2. The van der Waals surface area contributed by atoms with Crippen molar-refractivity contribution in [3.8, 4) is 0 Å². The van der Waals surface area contributed by atoms with Crippen LogP contribution < -0.4 is 10.6 Å². The van der Waals surface area contributed by atoms with Crippen molar-refractivity contribution in [2.45, 2.75) is 26.3 Å². The third-order valence-electron chi connectivity index (χ3n) is 3.22. The van der Waals surface area contributed by atoms with Crippen LogP contribution in [0.2, 0.25) is 0 Å². The maximum atomic E-state index is 12.8. The summed E-state index contributed by atoms with van der Waals surface area (Å²) in [5.41, 5.74) is 2.71. The molecule has 0 saturated carbocycles. The fourth-order valence-corrected chi connectivity index (χ4v) is 1.98. The molecule has 0 radical (unpaired) electrons. The Morgan fingerprint density at radius 1 is 1.14 bits per heavy atom. The minimum Gasteiger partial charge on any atom is -0.374 e. The largest absolute Gasteiger partial charge is 0.374 e. The predicted molar refractivity (Wildman–Crippen MR) is 83.9 cm³/mol. The van der Waals surface area contributed by atoms with Gasteiger partial charge in [0.05, 0.1) is 0 Å². The van der Waals surface area contributed by atoms with Crippen LogP contribution in [0.3, 0.4) is 0 Å². The average molecular weight is 286 g/mol. The average Bonchev–Trinajstić information content (AvgIpc) is 2.49. The van der Waals surface area contributed by atoms with Crippen LogP contribution in [-0.4, -0.2) is 11.9 Å². The lowest BCUT2D eigenvalue weighted by Gasteiger charge is -2.16. The minimum absolute atomic E-state index is 0.163. The maximum Gasteiger partial charge on any atom is 0.246 e. The predicted octanol–water partition coefficient (Wildman–Crippen LogP) is 3.83. The molecular formula is C17H19FN2O. The molecule has 2 N–H and O–H groups in total. The van der Waals surface area contributed by atoms with E-state index in [2.05, 4.69) is 23.6 Å². The first-order chi connectivity index (χ1) is 10.1. The van der Waals surface area contributed by atoms with E-state index in [-0.39, 0.29) is 17.8 Å². The first kappa shape index (κ1) is 15.0. The normalized spacial score (nSPS) is 11.8. The molecule has 0 aliphatic carbocycles. The third kappa shape index (κ3) is 4.31. The standard InChI is InChI=1S/C17H19FN2O/c1-3-13-5-4-6-16(11-13)19-12(2)17(21)20-15-9-7-14(18)8-10-15/h4-12,19H,3H2,1-2H3,(H,20,21)/t12-/m0/s1. The summed E-state index contributed by atoms with van der Waals surface area (Å²) < 4.78 is 12.8. The molecule has 0 heterocycles. The summed E-state index contributed by atoms with van der Waals surface area (Å²) in [6.45, 7) is 3.88. The highest BCUT2D eigenvalue weighted by atomic mass is 19.1. The van der Waals surface area contributed by atoms with Crippen molar-refractivity contribution in [2.24, 2.45) is 0 Å². The van der Waals surface area contributed by atoms with Crippen LogP contribution in [0.4, 0.5) is 15.8 Å². The van der Waals surface area contributed by atoms with E-state index in [4.69, 9.17) is 0 Å². The summed E-state index contributed by atoms with van der Waals surface area (Å²) >= 11 is 0. The number of nitrogens with one attached hydrogen (secondary N) is 2. The highest BCUT2D eigenvalue weighted by Gasteiger charge is 2.12. The van der Waals surface area contributed by atoms with Crippen LogP contribution in [0, 0.1) is 5.82 Å². The molecule has 1 amide bonds. The van der Waals surface area contributed by atoms with Crippen molar-refractivity contribution in [1.82, 2.24) is 0 Å². The van der Waals surface area contributed by atoms with Gasteiger partial charge in [-0.2, -0.15) is 0 Å². The second-order valence-corrected chi connectivity index (χ2v) is 4.92. The second-order valence-electron chi connectivity index (χ2n) is 4.92. The Kier molecular flexibility index (Phi) is 4.93. The summed E-state index contributed by atoms with van der Waals surface area (Å²) in [5.74, 6) is -0.487. The van der Waals surface area contributed by atoms with Gasteiger partial charge in [-0.25, -0.2) is 4.39 Å². The molecule has 0 fully saturated rings. The van der Waals surface area contributed by atoms with E-state index in [1.165, 1.54) is 29.8 Å². The molecule has 2 aromatic rings. The lowest BCUT2D eigenvalue weighted by Crippen LogP contribution is -2.31. The van der Waals surface area contributed by atoms with Gasteiger partial charge in [0.1, 0.15) is 11.9 Å². The Bertz CT molecular complexity index is 610. The number of halogens is 1. The van der Waals surface area contributed by atoms with E-state index in [0.29, 0.717) is 5.69 Å². The SMILES string of the molecule is CCc1cccc(N[C@@H](C)C(=O)Nc2ccc(F)cc2)c1. The van der Waals surface area contributed by atoms with Gasteiger partial charge in [-0.05, 0) is 55.3 Å². The fraction of sp³-hybridized carbons (Fsp3) is 0.235. The Labute approximate surface area is 124 Å². The molecule has 0 bridgehead atoms. The Morgan fingerprint density at radius 3 is 2.52 bits per heavy atom. The topological polar surface area (TPSA) is 41.1 Å². The number of carbonyl (C=O) groups is 1. The van der Waals surface area contributed by atoms with E-state index in [1.807, 2.05) is 18.2 Å². The number of aryl methyl sites for hydroxylation is 1. The van der Waals surface area contributed by atoms with Gasteiger partial charge in [-0.15, -0.1) is 0 Å². The second kappa shape index (κ2) is 6.88. The first-order valence-corrected chi connectivity index (χ1v) is 7.00.